The quantitative estimate of drug-likeness (QED) is 0.406. The maximum absolute atomic E-state index is 5.37. The monoisotopic (exact) mass is 184 g/mol. The van der Waals surface area contributed by atoms with E-state index < -0.39 is 0 Å². The van der Waals surface area contributed by atoms with Crippen LogP contribution in [0, 0.1) is 0 Å². The molecule has 0 aliphatic heterocycles. The van der Waals surface area contributed by atoms with Gasteiger partial charge in [-0.3, -0.25) is 5.10 Å². The second-order valence-electron chi connectivity index (χ2n) is 3.18. The molecule has 0 atom stereocenters. The summed E-state index contributed by atoms with van der Waals surface area (Å²) in [5.41, 5.74) is 4.98. The number of hydrogen-bond donors (Lipinski definition) is 2. The van der Waals surface area contributed by atoms with E-state index in [-0.39, 0.29) is 0 Å². The fraction of sp³-hybridized carbons (Fsp3) is 0. The lowest BCUT2D eigenvalue weighted by atomic mass is 10.1. The van der Waals surface area contributed by atoms with Gasteiger partial charge in [0.25, 0.3) is 0 Å². The van der Waals surface area contributed by atoms with Crippen molar-refractivity contribution >= 4 is 5.71 Å². The lowest BCUT2D eigenvalue weighted by molar-refractivity contribution is 1.09. The molecule has 1 aromatic heterocycles. The van der Waals surface area contributed by atoms with Gasteiger partial charge in [0.05, 0.1) is 11.9 Å². The Morgan fingerprint density at radius 1 is 1.14 bits per heavy atom. The molecule has 0 unspecified atom stereocenters. The van der Waals surface area contributed by atoms with Crippen molar-refractivity contribution in [3.05, 3.63) is 41.6 Å². The average molecular weight is 184 g/mol. The van der Waals surface area contributed by atoms with Crippen molar-refractivity contribution in [2.75, 3.05) is 0 Å². The predicted octanol–water partition coefficient (Wildman–Crippen LogP) is 1.10. The summed E-state index contributed by atoms with van der Waals surface area (Å²) in [6, 6.07) is 8.01. The van der Waals surface area contributed by atoms with Crippen LogP contribution in [0.1, 0.15) is 11.1 Å². The number of rotatable bonds is 0. The number of nitrogens with one attached hydrogen (secondary N) is 1. The van der Waals surface area contributed by atoms with Crippen molar-refractivity contribution in [3.63, 3.8) is 0 Å². The number of nitrogens with two attached hydrogens (primary N) is 1. The zero-order valence-electron chi connectivity index (χ0n) is 7.36. The van der Waals surface area contributed by atoms with Crippen LogP contribution in [-0.4, -0.2) is 15.9 Å². The van der Waals surface area contributed by atoms with Gasteiger partial charge in [-0.1, -0.05) is 24.3 Å². The third-order valence-corrected chi connectivity index (χ3v) is 2.48. The summed E-state index contributed by atoms with van der Waals surface area (Å²) in [4.78, 5) is 0. The van der Waals surface area contributed by atoms with Crippen LogP contribution < -0.4 is 5.84 Å². The van der Waals surface area contributed by atoms with Gasteiger partial charge in [-0.15, -0.1) is 0 Å². The normalized spacial score (nSPS) is 15.6. The zero-order valence-corrected chi connectivity index (χ0v) is 7.36. The average Bonchev–Trinajstić information content (AvgIpc) is 2.77. The fourth-order valence-electron chi connectivity index (χ4n) is 1.86. The summed E-state index contributed by atoms with van der Waals surface area (Å²) in [6.45, 7) is 0. The highest BCUT2D eigenvalue weighted by molar-refractivity contribution is 6.23. The van der Waals surface area contributed by atoms with Crippen molar-refractivity contribution in [2.24, 2.45) is 10.9 Å². The first-order valence-electron chi connectivity index (χ1n) is 4.33. The van der Waals surface area contributed by atoms with Crippen LogP contribution in [0.3, 0.4) is 0 Å². The van der Waals surface area contributed by atoms with E-state index in [1.807, 2.05) is 24.3 Å². The van der Waals surface area contributed by atoms with Crippen LogP contribution in [-0.2, 0) is 0 Å². The van der Waals surface area contributed by atoms with Gasteiger partial charge in [-0.05, 0) is 0 Å². The Labute approximate surface area is 80.5 Å². The number of hydrazone groups is 1. The maximum Gasteiger partial charge on any atom is 0.102 e. The van der Waals surface area contributed by atoms with Crippen molar-refractivity contribution in [3.8, 4) is 11.3 Å². The SMILES string of the molecule is N/N=C1/c2ccccc2-c2[nH]ncc21. The standard InChI is InChI=1S/C10H8N4/c11-13-9-6-3-1-2-4-7(6)10-8(9)5-12-14-10/h1-5H,11H2,(H,12,14)/b13-9-. The molecular formula is C10H8N4. The summed E-state index contributed by atoms with van der Waals surface area (Å²) in [5.74, 6) is 5.37. The first kappa shape index (κ1) is 7.32. The molecule has 0 saturated carbocycles. The van der Waals surface area contributed by atoms with Crippen molar-refractivity contribution < 1.29 is 0 Å². The first-order valence-corrected chi connectivity index (χ1v) is 4.33. The fourth-order valence-corrected chi connectivity index (χ4v) is 1.86. The van der Waals surface area contributed by atoms with E-state index in [0.717, 1.165) is 28.1 Å². The molecule has 0 spiro atoms. The summed E-state index contributed by atoms with van der Waals surface area (Å²) < 4.78 is 0. The molecule has 0 bridgehead atoms. The molecule has 0 radical (unpaired) electrons. The van der Waals surface area contributed by atoms with Gasteiger partial charge < -0.3 is 5.84 Å². The molecule has 4 nitrogen and oxygen atoms in total. The Kier molecular flexibility index (Phi) is 1.28. The Hall–Kier alpha value is -2.10. The molecule has 0 fully saturated rings. The molecule has 3 rings (SSSR count). The summed E-state index contributed by atoms with van der Waals surface area (Å²) in [5, 5.41) is 10.7. The van der Waals surface area contributed by atoms with E-state index in [0.29, 0.717) is 0 Å². The minimum atomic E-state index is 0.810. The summed E-state index contributed by atoms with van der Waals surface area (Å²) in [7, 11) is 0. The van der Waals surface area contributed by atoms with Crippen LogP contribution in [0.5, 0.6) is 0 Å². The van der Waals surface area contributed by atoms with Gasteiger partial charge in [0, 0.05) is 16.7 Å². The van der Waals surface area contributed by atoms with Gasteiger partial charge in [0.2, 0.25) is 0 Å². The van der Waals surface area contributed by atoms with E-state index in [9.17, 15) is 0 Å². The lowest BCUT2D eigenvalue weighted by Crippen LogP contribution is -2.00. The molecule has 2 aromatic rings. The van der Waals surface area contributed by atoms with Crippen LogP contribution in [0.15, 0.2) is 35.6 Å². The third-order valence-electron chi connectivity index (χ3n) is 2.48. The topological polar surface area (TPSA) is 67.1 Å². The van der Waals surface area contributed by atoms with E-state index in [2.05, 4.69) is 15.3 Å². The molecule has 3 N–H and O–H groups in total. The van der Waals surface area contributed by atoms with Gasteiger partial charge >= 0.3 is 0 Å². The number of fused-ring (bicyclic) bond motifs is 3. The number of hydrogen-bond acceptors (Lipinski definition) is 3. The molecule has 0 saturated heterocycles. The second kappa shape index (κ2) is 2.45. The third kappa shape index (κ3) is 0.724. The molecule has 0 amide bonds. The highest BCUT2D eigenvalue weighted by Crippen LogP contribution is 2.34. The highest BCUT2D eigenvalue weighted by Gasteiger charge is 2.25. The Balaban J connectivity index is 2.42. The number of benzene rings is 1. The van der Waals surface area contributed by atoms with Crippen LogP contribution in [0.4, 0.5) is 0 Å². The Morgan fingerprint density at radius 2 is 1.93 bits per heavy atom. The zero-order chi connectivity index (χ0) is 9.54. The van der Waals surface area contributed by atoms with E-state index in [1.165, 1.54) is 0 Å². The molecule has 4 heteroatoms. The predicted molar refractivity (Wildman–Crippen MR) is 53.9 cm³/mol. The number of aromatic nitrogens is 2. The Morgan fingerprint density at radius 3 is 2.71 bits per heavy atom. The van der Waals surface area contributed by atoms with E-state index in [1.54, 1.807) is 6.20 Å². The number of nitrogens with zero attached hydrogens (tertiary/aromatic N) is 2. The molecular weight excluding hydrogens is 176 g/mol. The van der Waals surface area contributed by atoms with Gasteiger partial charge in [0.1, 0.15) is 5.71 Å². The molecule has 1 aromatic carbocycles. The van der Waals surface area contributed by atoms with Crippen LogP contribution in [0.25, 0.3) is 11.3 Å². The molecule has 1 aliphatic carbocycles. The van der Waals surface area contributed by atoms with Crippen LogP contribution >= 0.6 is 0 Å². The van der Waals surface area contributed by atoms with Gasteiger partial charge in [-0.25, -0.2) is 0 Å². The molecule has 14 heavy (non-hydrogen) atoms. The smallest absolute Gasteiger partial charge is 0.102 e. The van der Waals surface area contributed by atoms with E-state index >= 15 is 0 Å². The van der Waals surface area contributed by atoms with Crippen molar-refractivity contribution in [1.29, 1.82) is 0 Å². The lowest BCUT2D eigenvalue weighted by Gasteiger charge is -1.97. The number of H-pyrrole nitrogens is 1. The van der Waals surface area contributed by atoms with Gasteiger partial charge in [0.15, 0.2) is 0 Å². The second-order valence-corrected chi connectivity index (χ2v) is 3.18. The van der Waals surface area contributed by atoms with Gasteiger partial charge in [-0.2, -0.15) is 10.2 Å². The van der Waals surface area contributed by atoms with Crippen molar-refractivity contribution in [1.82, 2.24) is 10.2 Å². The molecule has 1 heterocycles. The highest BCUT2D eigenvalue weighted by atomic mass is 15.1. The number of aromatic amines is 1. The molecule has 1 aliphatic rings. The summed E-state index contributed by atoms with van der Waals surface area (Å²) >= 11 is 0. The summed E-state index contributed by atoms with van der Waals surface area (Å²) in [6.07, 6.45) is 1.75. The largest absolute Gasteiger partial charge is 0.323 e. The van der Waals surface area contributed by atoms with E-state index in [4.69, 9.17) is 5.84 Å². The Bertz CT molecular complexity index is 524. The minimum Gasteiger partial charge on any atom is -0.323 e. The molecule has 68 valence electrons. The van der Waals surface area contributed by atoms with Crippen LogP contribution in [0.2, 0.25) is 0 Å². The van der Waals surface area contributed by atoms with Crippen molar-refractivity contribution in [2.45, 2.75) is 0 Å². The minimum absolute atomic E-state index is 0.810. The first-order chi connectivity index (χ1) is 6.92. The maximum atomic E-state index is 5.37.